The van der Waals surface area contributed by atoms with Crippen LogP contribution in [0, 0.1) is 5.92 Å². The van der Waals surface area contributed by atoms with Gasteiger partial charge in [-0.1, -0.05) is 13.8 Å². The fourth-order valence-electron chi connectivity index (χ4n) is 1.40. The maximum absolute atomic E-state index is 3.46. The molecule has 1 heterocycles. The molecular weight excluding hydrogens is 150 g/mol. The van der Waals surface area contributed by atoms with Crippen molar-refractivity contribution in [3.63, 3.8) is 0 Å². The molecule has 0 spiro atoms. The predicted molar refractivity (Wildman–Crippen MR) is 51.6 cm³/mol. The van der Waals surface area contributed by atoms with Crippen LogP contribution in [-0.4, -0.2) is 30.4 Å². The molecular formula is C9H21N3. The standard InChI is InChI=1S/C9H21N3/c1-7(2)9-10-5-12(6-11-9)8(3)4/h7-11H,5-6H2,1-4H3. The Morgan fingerprint density at radius 3 is 1.92 bits per heavy atom. The number of nitrogens with zero attached hydrogens (tertiary/aromatic N) is 1. The first-order valence-electron chi connectivity index (χ1n) is 4.82. The third-order valence-corrected chi connectivity index (χ3v) is 2.43. The van der Waals surface area contributed by atoms with Gasteiger partial charge in [-0.15, -0.1) is 0 Å². The van der Waals surface area contributed by atoms with Crippen LogP contribution in [0.25, 0.3) is 0 Å². The lowest BCUT2D eigenvalue weighted by molar-refractivity contribution is 0.104. The molecule has 0 atom stereocenters. The van der Waals surface area contributed by atoms with Crippen molar-refractivity contribution in [1.29, 1.82) is 0 Å². The van der Waals surface area contributed by atoms with Crippen LogP contribution in [0.3, 0.4) is 0 Å². The maximum Gasteiger partial charge on any atom is 0.0615 e. The summed E-state index contributed by atoms with van der Waals surface area (Å²) in [7, 11) is 0. The average molecular weight is 171 g/mol. The lowest BCUT2D eigenvalue weighted by Gasteiger charge is -2.38. The molecule has 1 aliphatic rings. The van der Waals surface area contributed by atoms with Crippen LogP contribution in [0.5, 0.6) is 0 Å². The second kappa shape index (κ2) is 4.21. The van der Waals surface area contributed by atoms with Gasteiger partial charge in [0.2, 0.25) is 0 Å². The molecule has 0 bridgehead atoms. The highest BCUT2D eigenvalue weighted by molar-refractivity contribution is 4.74. The summed E-state index contributed by atoms with van der Waals surface area (Å²) in [4.78, 5) is 2.37. The Morgan fingerprint density at radius 1 is 1.08 bits per heavy atom. The summed E-state index contributed by atoms with van der Waals surface area (Å²) in [5.41, 5.74) is 0. The first-order valence-corrected chi connectivity index (χ1v) is 4.82. The van der Waals surface area contributed by atoms with Gasteiger partial charge in [0, 0.05) is 6.04 Å². The van der Waals surface area contributed by atoms with Crippen LogP contribution in [-0.2, 0) is 0 Å². The van der Waals surface area contributed by atoms with Crippen molar-refractivity contribution in [3.8, 4) is 0 Å². The molecule has 12 heavy (non-hydrogen) atoms. The van der Waals surface area contributed by atoms with Crippen molar-refractivity contribution in [2.75, 3.05) is 13.3 Å². The van der Waals surface area contributed by atoms with E-state index in [0.717, 1.165) is 13.3 Å². The highest BCUT2D eigenvalue weighted by Crippen LogP contribution is 2.04. The van der Waals surface area contributed by atoms with Crippen LogP contribution in [0.4, 0.5) is 0 Å². The van der Waals surface area contributed by atoms with Crippen molar-refractivity contribution in [3.05, 3.63) is 0 Å². The van der Waals surface area contributed by atoms with Crippen LogP contribution in [0.2, 0.25) is 0 Å². The molecule has 1 fully saturated rings. The Hall–Kier alpha value is -0.120. The largest absolute Gasteiger partial charge is 0.289 e. The van der Waals surface area contributed by atoms with E-state index in [1.807, 2.05) is 0 Å². The molecule has 0 amide bonds. The Morgan fingerprint density at radius 2 is 1.58 bits per heavy atom. The normalized spacial score (nSPS) is 22.5. The van der Waals surface area contributed by atoms with Gasteiger partial charge in [0.15, 0.2) is 0 Å². The summed E-state index contributed by atoms with van der Waals surface area (Å²) < 4.78 is 0. The zero-order valence-electron chi connectivity index (χ0n) is 8.59. The van der Waals surface area contributed by atoms with Crippen molar-refractivity contribution in [2.24, 2.45) is 5.92 Å². The van der Waals surface area contributed by atoms with E-state index in [1.54, 1.807) is 0 Å². The second-order valence-corrected chi connectivity index (χ2v) is 4.13. The van der Waals surface area contributed by atoms with Gasteiger partial charge >= 0.3 is 0 Å². The van der Waals surface area contributed by atoms with Crippen LogP contribution >= 0.6 is 0 Å². The Bertz CT molecular complexity index is 110. The lowest BCUT2D eigenvalue weighted by atomic mass is 10.1. The molecule has 1 aliphatic heterocycles. The Kier molecular flexibility index (Phi) is 3.50. The molecule has 3 heteroatoms. The number of hydrogen-bond acceptors (Lipinski definition) is 3. The quantitative estimate of drug-likeness (QED) is 0.643. The van der Waals surface area contributed by atoms with Crippen LogP contribution in [0.1, 0.15) is 27.7 Å². The fourth-order valence-corrected chi connectivity index (χ4v) is 1.40. The smallest absolute Gasteiger partial charge is 0.0615 e. The first kappa shape index (κ1) is 9.96. The van der Waals surface area contributed by atoms with Crippen molar-refractivity contribution in [1.82, 2.24) is 15.5 Å². The summed E-state index contributed by atoms with van der Waals surface area (Å²) in [6, 6.07) is 0.623. The minimum atomic E-state index is 0.486. The van der Waals surface area contributed by atoms with Crippen LogP contribution < -0.4 is 10.6 Å². The monoisotopic (exact) mass is 171 g/mol. The number of nitrogens with one attached hydrogen (secondary N) is 2. The molecule has 0 aromatic carbocycles. The highest BCUT2D eigenvalue weighted by atomic mass is 15.4. The van der Waals surface area contributed by atoms with E-state index in [-0.39, 0.29) is 0 Å². The molecule has 0 aliphatic carbocycles. The summed E-state index contributed by atoms with van der Waals surface area (Å²) >= 11 is 0. The number of hydrogen-bond donors (Lipinski definition) is 2. The van der Waals surface area contributed by atoms with E-state index in [2.05, 4.69) is 43.2 Å². The number of rotatable bonds is 2. The van der Waals surface area contributed by atoms with E-state index in [9.17, 15) is 0 Å². The van der Waals surface area contributed by atoms with Gasteiger partial charge in [-0.05, 0) is 19.8 Å². The van der Waals surface area contributed by atoms with Crippen molar-refractivity contribution in [2.45, 2.75) is 39.9 Å². The van der Waals surface area contributed by atoms with Crippen LogP contribution in [0.15, 0.2) is 0 Å². The molecule has 0 saturated carbocycles. The zero-order valence-corrected chi connectivity index (χ0v) is 8.59. The predicted octanol–water partition coefficient (Wildman–Crippen LogP) is 0.787. The minimum absolute atomic E-state index is 0.486. The first-order chi connectivity index (χ1) is 5.61. The summed E-state index contributed by atoms with van der Waals surface area (Å²) in [5.74, 6) is 0.666. The molecule has 0 aromatic heterocycles. The third kappa shape index (κ3) is 2.44. The van der Waals surface area contributed by atoms with Gasteiger partial charge in [-0.2, -0.15) is 0 Å². The van der Waals surface area contributed by atoms with Gasteiger partial charge in [-0.3, -0.25) is 15.5 Å². The Labute approximate surface area is 75.5 Å². The molecule has 0 aromatic rings. The molecule has 1 saturated heterocycles. The molecule has 1 rings (SSSR count). The highest BCUT2D eigenvalue weighted by Gasteiger charge is 2.20. The minimum Gasteiger partial charge on any atom is -0.289 e. The van der Waals surface area contributed by atoms with Gasteiger partial charge in [0.05, 0.1) is 19.5 Å². The molecule has 0 unspecified atom stereocenters. The van der Waals surface area contributed by atoms with Gasteiger partial charge in [-0.25, -0.2) is 0 Å². The van der Waals surface area contributed by atoms with Crippen molar-refractivity contribution >= 4 is 0 Å². The average Bonchev–Trinajstić information content (AvgIpc) is 2.04. The topological polar surface area (TPSA) is 27.3 Å². The Balaban J connectivity index is 2.30. The van der Waals surface area contributed by atoms with Crippen molar-refractivity contribution < 1.29 is 0 Å². The van der Waals surface area contributed by atoms with E-state index < -0.39 is 0 Å². The molecule has 0 radical (unpaired) electrons. The van der Waals surface area contributed by atoms with E-state index in [1.165, 1.54) is 0 Å². The zero-order chi connectivity index (χ0) is 9.14. The van der Waals surface area contributed by atoms with E-state index in [0.29, 0.717) is 18.1 Å². The second-order valence-electron chi connectivity index (χ2n) is 4.13. The SMILES string of the molecule is CC(C)C1NCN(C(C)C)CN1. The fraction of sp³-hybridized carbons (Fsp3) is 1.00. The molecule has 3 nitrogen and oxygen atoms in total. The summed E-state index contributed by atoms with van der Waals surface area (Å²) in [6.45, 7) is 10.9. The van der Waals surface area contributed by atoms with Gasteiger partial charge in [0.1, 0.15) is 0 Å². The molecule has 2 N–H and O–H groups in total. The molecule has 72 valence electrons. The lowest BCUT2D eigenvalue weighted by Crippen LogP contribution is -2.60. The van der Waals surface area contributed by atoms with E-state index in [4.69, 9.17) is 0 Å². The summed E-state index contributed by atoms with van der Waals surface area (Å²) in [6.07, 6.45) is 0.486. The van der Waals surface area contributed by atoms with Gasteiger partial charge < -0.3 is 0 Å². The maximum atomic E-state index is 3.46. The van der Waals surface area contributed by atoms with Gasteiger partial charge in [0.25, 0.3) is 0 Å². The summed E-state index contributed by atoms with van der Waals surface area (Å²) in [5, 5.41) is 6.93. The van der Waals surface area contributed by atoms with E-state index >= 15 is 0 Å². The third-order valence-electron chi connectivity index (χ3n) is 2.43.